The smallest absolute Gasteiger partial charge is 0.366 e. The van der Waals surface area contributed by atoms with Crippen molar-refractivity contribution in [1.82, 2.24) is 35.2 Å². The van der Waals surface area contributed by atoms with Gasteiger partial charge in [-0.25, -0.2) is 0 Å². The normalized spacial score (nSPS) is 18.6. The Morgan fingerprint density at radius 2 is 2.00 bits per heavy atom. The first-order chi connectivity index (χ1) is 15.6. The maximum atomic E-state index is 13.5. The van der Waals surface area contributed by atoms with Crippen LogP contribution in [0.2, 0.25) is 5.02 Å². The van der Waals surface area contributed by atoms with Gasteiger partial charge in [0.05, 0.1) is 27.8 Å². The Bertz CT molecular complexity index is 1250. The zero-order valence-corrected chi connectivity index (χ0v) is 17.8. The highest BCUT2D eigenvalue weighted by Crippen LogP contribution is 2.41. The number of aryl methyl sites for hydroxylation is 1. The number of pyridine rings is 1. The van der Waals surface area contributed by atoms with E-state index in [4.69, 9.17) is 17.3 Å². The van der Waals surface area contributed by atoms with Crippen LogP contribution in [0.3, 0.4) is 0 Å². The number of tetrazole rings is 1. The average Bonchev–Trinajstić information content (AvgIpc) is 3.26. The van der Waals surface area contributed by atoms with Crippen molar-refractivity contribution in [2.45, 2.75) is 31.4 Å². The largest absolute Gasteiger partial charge is 0.453 e. The monoisotopic (exact) mass is 476 g/mol. The summed E-state index contributed by atoms with van der Waals surface area (Å²) in [5, 5.41) is 10.1. The van der Waals surface area contributed by atoms with Gasteiger partial charge in [-0.15, -0.1) is 5.10 Å². The number of allylic oxidation sites excluding steroid dienone is 3. The van der Waals surface area contributed by atoms with Gasteiger partial charge in [0.25, 0.3) is 5.82 Å². The number of amides is 1. The molecule has 1 atom stereocenters. The average molecular weight is 477 g/mol. The predicted molar refractivity (Wildman–Crippen MR) is 110 cm³/mol. The van der Waals surface area contributed by atoms with Crippen molar-refractivity contribution in [3.63, 3.8) is 0 Å². The quantitative estimate of drug-likeness (QED) is 0.600. The van der Waals surface area contributed by atoms with Crippen LogP contribution in [0.1, 0.15) is 29.3 Å². The van der Waals surface area contributed by atoms with Gasteiger partial charge >= 0.3 is 6.18 Å². The van der Waals surface area contributed by atoms with Crippen molar-refractivity contribution in [1.29, 1.82) is 0 Å². The first-order valence-corrected chi connectivity index (χ1v) is 9.94. The second kappa shape index (κ2) is 8.35. The van der Waals surface area contributed by atoms with E-state index in [1.54, 1.807) is 31.5 Å². The second-order valence-electron chi connectivity index (χ2n) is 7.54. The van der Waals surface area contributed by atoms with Gasteiger partial charge < -0.3 is 5.73 Å². The number of nitrogens with two attached hydrogens (primary N) is 1. The third-order valence-corrected chi connectivity index (χ3v) is 5.33. The van der Waals surface area contributed by atoms with E-state index in [9.17, 15) is 18.0 Å². The Labute approximate surface area is 190 Å². The molecule has 3 heterocycles. The van der Waals surface area contributed by atoms with Gasteiger partial charge in [0.1, 0.15) is 0 Å². The highest BCUT2D eigenvalue weighted by Gasteiger charge is 2.42. The molecule has 1 aliphatic carbocycles. The van der Waals surface area contributed by atoms with E-state index in [-0.39, 0.29) is 24.1 Å². The summed E-state index contributed by atoms with van der Waals surface area (Å²) in [6.45, 7) is 1.77. The SMILES string of the molecule is Cc1cnc(CC2(c3ccc(Cl)cn3)C=C(n3nnnc3C(F)(F)F)C=C(C(N)=O)C2)cn1. The number of aromatic nitrogens is 7. The zero-order chi connectivity index (χ0) is 23.8. The topological polar surface area (TPSA) is 125 Å². The molecule has 9 nitrogen and oxygen atoms in total. The van der Waals surface area contributed by atoms with Gasteiger partial charge in [-0.2, -0.15) is 17.9 Å². The fourth-order valence-corrected chi connectivity index (χ4v) is 3.75. The molecule has 0 fully saturated rings. The number of alkyl halides is 3. The predicted octanol–water partition coefficient (Wildman–Crippen LogP) is 2.68. The van der Waals surface area contributed by atoms with Gasteiger partial charge in [-0.1, -0.05) is 11.6 Å². The molecule has 0 radical (unpaired) electrons. The number of primary amides is 1. The molecule has 0 aliphatic heterocycles. The van der Waals surface area contributed by atoms with E-state index in [1.165, 1.54) is 18.3 Å². The molecule has 170 valence electrons. The Kier molecular flexibility index (Phi) is 5.70. The minimum Gasteiger partial charge on any atom is -0.366 e. The zero-order valence-electron chi connectivity index (χ0n) is 17.1. The molecule has 13 heteroatoms. The van der Waals surface area contributed by atoms with Crippen molar-refractivity contribution in [2.24, 2.45) is 5.73 Å². The lowest BCUT2D eigenvalue weighted by molar-refractivity contribution is -0.146. The third-order valence-electron chi connectivity index (χ3n) is 5.10. The van der Waals surface area contributed by atoms with E-state index >= 15 is 0 Å². The van der Waals surface area contributed by atoms with Gasteiger partial charge in [-0.3, -0.25) is 19.7 Å². The van der Waals surface area contributed by atoms with Crippen LogP contribution in [0.4, 0.5) is 13.2 Å². The van der Waals surface area contributed by atoms with Crippen molar-refractivity contribution in [3.05, 3.63) is 76.4 Å². The Morgan fingerprint density at radius 1 is 1.21 bits per heavy atom. The summed E-state index contributed by atoms with van der Waals surface area (Å²) in [5.41, 5.74) is 6.11. The third kappa shape index (κ3) is 4.60. The molecule has 0 aromatic carbocycles. The summed E-state index contributed by atoms with van der Waals surface area (Å²) in [6, 6.07) is 3.23. The van der Waals surface area contributed by atoms with Crippen LogP contribution >= 0.6 is 11.6 Å². The molecule has 1 aliphatic rings. The summed E-state index contributed by atoms with van der Waals surface area (Å²) in [5.74, 6) is -2.14. The van der Waals surface area contributed by atoms with Gasteiger partial charge in [0, 0.05) is 36.0 Å². The van der Waals surface area contributed by atoms with E-state index in [1.807, 2.05) is 0 Å². The van der Waals surface area contributed by atoms with Crippen LogP contribution in [0, 0.1) is 6.92 Å². The van der Waals surface area contributed by atoms with Crippen LogP contribution in [0.15, 0.2) is 48.4 Å². The molecule has 0 saturated heterocycles. The number of hydrogen-bond acceptors (Lipinski definition) is 7. The van der Waals surface area contributed by atoms with Gasteiger partial charge in [-0.05, 0) is 48.1 Å². The molecule has 0 spiro atoms. The first kappa shape index (κ1) is 22.5. The number of halogens is 4. The molecule has 0 bridgehead atoms. The second-order valence-corrected chi connectivity index (χ2v) is 7.97. The van der Waals surface area contributed by atoms with Gasteiger partial charge in [0.2, 0.25) is 5.91 Å². The fourth-order valence-electron chi connectivity index (χ4n) is 3.64. The number of rotatable bonds is 5. The van der Waals surface area contributed by atoms with Crippen LogP contribution < -0.4 is 5.73 Å². The summed E-state index contributed by atoms with van der Waals surface area (Å²) in [4.78, 5) is 25.2. The van der Waals surface area contributed by atoms with E-state index in [0.717, 1.165) is 0 Å². The lowest BCUT2D eigenvalue weighted by Crippen LogP contribution is -2.35. The minimum atomic E-state index is -4.83. The van der Waals surface area contributed by atoms with Crippen molar-refractivity contribution in [2.75, 3.05) is 0 Å². The Balaban J connectivity index is 1.93. The molecule has 33 heavy (non-hydrogen) atoms. The molecule has 4 rings (SSSR count). The van der Waals surface area contributed by atoms with Crippen LogP contribution in [0.5, 0.6) is 0 Å². The molecule has 3 aromatic heterocycles. The van der Waals surface area contributed by atoms with E-state index in [2.05, 4.69) is 30.5 Å². The highest BCUT2D eigenvalue weighted by molar-refractivity contribution is 6.30. The minimum absolute atomic E-state index is 0.0551. The number of carbonyl (C=O) groups is 1. The van der Waals surface area contributed by atoms with Crippen LogP contribution in [-0.4, -0.2) is 41.1 Å². The molecule has 2 N–H and O–H groups in total. The lowest BCUT2D eigenvalue weighted by Gasteiger charge is -2.34. The lowest BCUT2D eigenvalue weighted by atomic mass is 9.71. The molecule has 1 unspecified atom stereocenters. The summed E-state index contributed by atoms with van der Waals surface area (Å²) in [6.07, 6.45) is 2.69. The number of nitrogens with zero attached hydrogens (tertiary/aromatic N) is 7. The fraction of sp³-hybridized carbons (Fsp3) is 0.250. The van der Waals surface area contributed by atoms with E-state index in [0.29, 0.717) is 26.8 Å². The van der Waals surface area contributed by atoms with Crippen molar-refractivity contribution < 1.29 is 18.0 Å². The van der Waals surface area contributed by atoms with Crippen molar-refractivity contribution in [3.8, 4) is 0 Å². The molecule has 3 aromatic rings. The van der Waals surface area contributed by atoms with Crippen LogP contribution in [0.25, 0.3) is 5.70 Å². The summed E-state index contributed by atoms with van der Waals surface area (Å²) < 4.78 is 41.0. The number of carbonyl (C=O) groups excluding carboxylic acids is 1. The number of hydrogen-bond donors (Lipinski definition) is 1. The molecule has 0 saturated carbocycles. The Morgan fingerprint density at radius 3 is 2.61 bits per heavy atom. The van der Waals surface area contributed by atoms with Gasteiger partial charge in [0.15, 0.2) is 0 Å². The standard InChI is InChI=1S/C20H16ClF3N8O/c1-11-8-27-14(10-26-11)6-19(16-3-2-13(21)9-28-16)5-12(17(25)33)4-15(7-19)32-18(20(22,23)24)29-30-31-32/h2-4,7-10H,5-6H2,1H3,(H2,25,33). The molecular weight excluding hydrogens is 461 g/mol. The maximum absolute atomic E-state index is 13.5. The van der Waals surface area contributed by atoms with Crippen LogP contribution in [-0.2, 0) is 22.8 Å². The Hall–Kier alpha value is -3.67. The van der Waals surface area contributed by atoms with E-state index < -0.39 is 23.3 Å². The molecular formula is C20H16ClF3N8O. The maximum Gasteiger partial charge on any atom is 0.453 e. The summed E-state index contributed by atoms with van der Waals surface area (Å²) >= 11 is 5.99. The highest BCUT2D eigenvalue weighted by atomic mass is 35.5. The first-order valence-electron chi connectivity index (χ1n) is 9.56. The molecule has 1 amide bonds. The van der Waals surface area contributed by atoms with Crippen molar-refractivity contribution >= 4 is 23.2 Å². The summed E-state index contributed by atoms with van der Waals surface area (Å²) in [7, 11) is 0.